The maximum atomic E-state index is 12.6. The highest BCUT2D eigenvalue weighted by molar-refractivity contribution is 6.02. The Labute approximate surface area is 176 Å². The van der Waals surface area contributed by atoms with Crippen LogP contribution in [0, 0.1) is 0 Å². The molecular formula is C24H25N5O. The van der Waals surface area contributed by atoms with Crippen molar-refractivity contribution in [3.8, 4) is 0 Å². The van der Waals surface area contributed by atoms with E-state index in [1.54, 1.807) is 12.4 Å². The average Bonchev–Trinajstić information content (AvgIpc) is 3.42. The van der Waals surface area contributed by atoms with Crippen molar-refractivity contribution in [2.75, 3.05) is 28.2 Å². The molecule has 3 aromatic rings. The van der Waals surface area contributed by atoms with E-state index in [0.29, 0.717) is 11.7 Å². The van der Waals surface area contributed by atoms with E-state index in [9.17, 15) is 4.79 Å². The number of nitrogens with one attached hydrogen (secondary N) is 1. The maximum absolute atomic E-state index is 12.6. The van der Waals surface area contributed by atoms with Gasteiger partial charge in [0, 0.05) is 36.2 Å². The highest BCUT2D eigenvalue weighted by atomic mass is 16.1. The summed E-state index contributed by atoms with van der Waals surface area (Å²) >= 11 is 0. The van der Waals surface area contributed by atoms with Gasteiger partial charge in [0.15, 0.2) is 5.82 Å². The van der Waals surface area contributed by atoms with Gasteiger partial charge in [-0.15, -0.1) is 0 Å². The molecule has 0 aliphatic carbocycles. The third kappa shape index (κ3) is 3.49. The van der Waals surface area contributed by atoms with Crippen LogP contribution in [0.4, 0.5) is 22.9 Å². The molecule has 1 amide bonds. The molecule has 0 bridgehead atoms. The molecule has 5 rings (SSSR count). The molecule has 2 aromatic carbocycles. The van der Waals surface area contributed by atoms with E-state index in [1.807, 2.05) is 18.2 Å². The minimum atomic E-state index is -0.252. The van der Waals surface area contributed by atoms with Gasteiger partial charge in [-0.3, -0.25) is 4.79 Å². The topological polar surface area (TPSA) is 61.4 Å². The Hall–Kier alpha value is -3.41. The van der Waals surface area contributed by atoms with Crippen LogP contribution in [0.2, 0.25) is 0 Å². The molecule has 1 aromatic heterocycles. The molecule has 2 aliphatic rings. The van der Waals surface area contributed by atoms with Crippen LogP contribution in [0.1, 0.15) is 35.8 Å². The number of para-hydroxylation sites is 1. The summed E-state index contributed by atoms with van der Waals surface area (Å²) in [5, 5.41) is 2.92. The van der Waals surface area contributed by atoms with Gasteiger partial charge in [0.05, 0.1) is 12.4 Å². The van der Waals surface area contributed by atoms with Crippen LogP contribution in [0.3, 0.4) is 0 Å². The summed E-state index contributed by atoms with van der Waals surface area (Å²) < 4.78 is 0. The molecule has 30 heavy (non-hydrogen) atoms. The Morgan fingerprint density at radius 3 is 2.50 bits per heavy atom. The van der Waals surface area contributed by atoms with Crippen molar-refractivity contribution in [1.29, 1.82) is 0 Å². The molecule has 0 spiro atoms. The van der Waals surface area contributed by atoms with E-state index < -0.39 is 0 Å². The Bertz CT molecular complexity index is 1040. The number of hydrogen-bond donors (Lipinski definition) is 1. The number of carbonyl (C=O) groups excluding carboxylic acids is 1. The molecular weight excluding hydrogens is 374 g/mol. The lowest BCUT2D eigenvalue weighted by molar-refractivity contribution is 0.102. The molecule has 0 saturated carbocycles. The second kappa shape index (κ2) is 7.78. The van der Waals surface area contributed by atoms with Crippen molar-refractivity contribution in [2.45, 2.75) is 32.2 Å². The molecule has 1 saturated heterocycles. The predicted octanol–water partition coefficient (Wildman–Crippen LogP) is 4.41. The first kappa shape index (κ1) is 18.6. The fourth-order valence-corrected chi connectivity index (χ4v) is 4.40. The molecule has 1 atom stereocenters. The smallest absolute Gasteiger partial charge is 0.275 e. The van der Waals surface area contributed by atoms with Crippen molar-refractivity contribution in [2.24, 2.45) is 0 Å². The third-order valence-electron chi connectivity index (χ3n) is 5.92. The first-order valence-electron chi connectivity index (χ1n) is 10.5. The molecule has 0 radical (unpaired) electrons. The van der Waals surface area contributed by atoms with Crippen molar-refractivity contribution < 1.29 is 4.79 Å². The van der Waals surface area contributed by atoms with E-state index in [2.05, 4.69) is 62.3 Å². The van der Waals surface area contributed by atoms with E-state index in [4.69, 9.17) is 0 Å². The average molecular weight is 399 g/mol. The Morgan fingerprint density at radius 1 is 1.00 bits per heavy atom. The first-order chi connectivity index (χ1) is 14.7. The van der Waals surface area contributed by atoms with Gasteiger partial charge in [0.2, 0.25) is 0 Å². The second-order valence-corrected chi connectivity index (χ2v) is 8.01. The highest BCUT2D eigenvalue weighted by Crippen LogP contribution is 2.36. The number of benzene rings is 2. The van der Waals surface area contributed by atoms with E-state index in [0.717, 1.165) is 36.7 Å². The number of hydrogen-bond acceptors (Lipinski definition) is 5. The zero-order valence-corrected chi connectivity index (χ0v) is 17.1. The molecule has 2 aliphatic heterocycles. The van der Waals surface area contributed by atoms with Crippen LogP contribution in [0.25, 0.3) is 0 Å². The fourth-order valence-electron chi connectivity index (χ4n) is 4.40. The minimum absolute atomic E-state index is 0.252. The molecule has 1 N–H and O–H groups in total. The molecule has 3 heterocycles. The summed E-state index contributed by atoms with van der Waals surface area (Å²) in [6.07, 6.45) is 6.71. The largest absolute Gasteiger partial charge is 0.372 e. The molecule has 6 nitrogen and oxygen atoms in total. The predicted molar refractivity (Wildman–Crippen MR) is 120 cm³/mol. The lowest BCUT2D eigenvalue weighted by Gasteiger charge is -2.23. The van der Waals surface area contributed by atoms with Gasteiger partial charge in [-0.2, -0.15) is 0 Å². The van der Waals surface area contributed by atoms with Crippen LogP contribution in [0.15, 0.2) is 60.9 Å². The quantitative estimate of drug-likeness (QED) is 0.704. The number of nitrogens with zero attached hydrogens (tertiary/aromatic N) is 4. The number of rotatable bonds is 4. The van der Waals surface area contributed by atoms with Crippen LogP contribution in [0.5, 0.6) is 0 Å². The SMILES string of the molecule is CC1Cc2ccccc2N1c1cnc(C(=O)Nc2ccc(N3CCCC3)cc2)cn1. The van der Waals surface area contributed by atoms with Crippen LogP contribution in [-0.2, 0) is 6.42 Å². The number of anilines is 4. The number of aromatic nitrogens is 2. The Morgan fingerprint density at radius 2 is 1.77 bits per heavy atom. The van der Waals surface area contributed by atoms with E-state index in [-0.39, 0.29) is 5.91 Å². The van der Waals surface area contributed by atoms with Gasteiger partial charge < -0.3 is 15.1 Å². The summed E-state index contributed by atoms with van der Waals surface area (Å²) in [4.78, 5) is 26.1. The zero-order valence-electron chi connectivity index (χ0n) is 17.1. The van der Waals surface area contributed by atoms with E-state index >= 15 is 0 Å². The summed E-state index contributed by atoms with van der Waals surface area (Å²) in [6.45, 7) is 4.38. The maximum Gasteiger partial charge on any atom is 0.275 e. The lowest BCUT2D eigenvalue weighted by Crippen LogP contribution is -2.25. The first-order valence-corrected chi connectivity index (χ1v) is 10.5. The monoisotopic (exact) mass is 399 g/mol. The molecule has 152 valence electrons. The number of amides is 1. The number of fused-ring (bicyclic) bond motifs is 1. The van der Waals surface area contributed by atoms with Crippen molar-refractivity contribution in [3.05, 3.63) is 72.2 Å². The van der Waals surface area contributed by atoms with Gasteiger partial charge in [0.1, 0.15) is 5.69 Å². The normalized spacial score (nSPS) is 17.8. The second-order valence-electron chi connectivity index (χ2n) is 8.01. The summed E-state index contributed by atoms with van der Waals surface area (Å²) in [6, 6.07) is 16.7. The highest BCUT2D eigenvalue weighted by Gasteiger charge is 2.28. The van der Waals surface area contributed by atoms with Gasteiger partial charge >= 0.3 is 0 Å². The summed E-state index contributed by atoms with van der Waals surface area (Å²) in [7, 11) is 0. The molecule has 6 heteroatoms. The zero-order chi connectivity index (χ0) is 20.5. The van der Waals surface area contributed by atoms with Crippen LogP contribution < -0.4 is 15.1 Å². The molecule has 1 fully saturated rings. The van der Waals surface area contributed by atoms with E-state index in [1.165, 1.54) is 24.1 Å². The summed E-state index contributed by atoms with van der Waals surface area (Å²) in [5.74, 6) is 0.511. The van der Waals surface area contributed by atoms with Crippen molar-refractivity contribution in [3.63, 3.8) is 0 Å². The summed E-state index contributed by atoms with van der Waals surface area (Å²) in [5.41, 5.74) is 4.74. The van der Waals surface area contributed by atoms with Crippen LogP contribution >= 0.6 is 0 Å². The number of carbonyl (C=O) groups is 1. The van der Waals surface area contributed by atoms with Gasteiger partial charge in [0.25, 0.3) is 5.91 Å². The minimum Gasteiger partial charge on any atom is -0.372 e. The van der Waals surface area contributed by atoms with Gasteiger partial charge in [-0.1, -0.05) is 18.2 Å². The van der Waals surface area contributed by atoms with Crippen LogP contribution in [-0.4, -0.2) is 35.0 Å². The van der Waals surface area contributed by atoms with Crippen molar-refractivity contribution >= 4 is 28.8 Å². The Balaban J connectivity index is 1.28. The van der Waals surface area contributed by atoms with Gasteiger partial charge in [-0.25, -0.2) is 9.97 Å². The van der Waals surface area contributed by atoms with Gasteiger partial charge in [-0.05, 0) is 62.1 Å². The van der Waals surface area contributed by atoms with Crippen molar-refractivity contribution in [1.82, 2.24) is 9.97 Å². The Kier molecular flexibility index (Phi) is 4.83. The standard InChI is InChI=1S/C24H25N5O/c1-17-14-18-6-2-3-7-22(18)29(17)23-16-25-21(15-26-23)24(30)27-19-8-10-20(11-9-19)28-12-4-5-13-28/h2-3,6-11,15-17H,4-5,12-14H2,1H3,(H,27,30). The fraction of sp³-hybridized carbons (Fsp3) is 0.292. The lowest BCUT2D eigenvalue weighted by atomic mass is 10.1. The molecule has 1 unspecified atom stereocenters. The third-order valence-corrected chi connectivity index (χ3v) is 5.92.